The van der Waals surface area contributed by atoms with Crippen LogP contribution in [-0.2, 0) is 0 Å². The van der Waals surface area contributed by atoms with Gasteiger partial charge in [-0.05, 0) is 40.0 Å². The first kappa shape index (κ1) is 12.3. The molecule has 0 aromatic rings. The number of nitrogens with two attached hydrogens (primary N) is 1. The average Bonchev–Trinajstić information content (AvgIpc) is 2.17. The summed E-state index contributed by atoms with van der Waals surface area (Å²) in [6, 6.07) is 0.380. The van der Waals surface area contributed by atoms with E-state index in [0.29, 0.717) is 12.6 Å². The van der Waals surface area contributed by atoms with Crippen molar-refractivity contribution in [3.63, 3.8) is 0 Å². The van der Waals surface area contributed by atoms with E-state index >= 15 is 0 Å². The van der Waals surface area contributed by atoms with Gasteiger partial charge in [0.15, 0.2) is 0 Å². The highest BCUT2D eigenvalue weighted by molar-refractivity contribution is 5.75. The molecule has 0 aromatic carbocycles. The topological polar surface area (TPSA) is 58.4 Å². The van der Waals surface area contributed by atoms with Crippen LogP contribution in [0.3, 0.4) is 0 Å². The SMILES string of the molecule is CC1CCCCN1C(=O)NC(C)(C)CN. The van der Waals surface area contributed by atoms with E-state index in [-0.39, 0.29) is 11.6 Å². The molecular formula is C11H23N3O. The summed E-state index contributed by atoms with van der Waals surface area (Å²) in [7, 11) is 0. The number of hydrogen-bond donors (Lipinski definition) is 2. The van der Waals surface area contributed by atoms with E-state index in [4.69, 9.17) is 5.73 Å². The van der Waals surface area contributed by atoms with Gasteiger partial charge in [-0.25, -0.2) is 4.79 Å². The lowest BCUT2D eigenvalue weighted by Gasteiger charge is -2.36. The number of hydrogen-bond acceptors (Lipinski definition) is 2. The Kier molecular flexibility index (Phi) is 3.97. The molecule has 1 saturated heterocycles. The smallest absolute Gasteiger partial charge is 0.318 e. The van der Waals surface area contributed by atoms with Gasteiger partial charge in [-0.3, -0.25) is 0 Å². The molecule has 0 spiro atoms. The minimum Gasteiger partial charge on any atom is -0.332 e. The van der Waals surface area contributed by atoms with Crippen molar-refractivity contribution in [2.24, 2.45) is 5.73 Å². The van der Waals surface area contributed by atoms with Gasteiger partial charge in [-0.2, -0.15) is 0 Å². The van der Waals surface area contributed by atoms with Crippen molar-refractivity contribution < 1.29 is 4.79 Å². The molecule has 4 heteroatoms. The molecule has 0 aliphatic carbocycles. The molecule has 0 bridgehead atoms. The molecule has 0 saturated carbocycles. The summed E-state index contributed by atoms with van der Waals surface area (Å²) in [6.07, 6.45) is 3.45. The Morgan fingerprint density at radius 3 is 2.73 bits per heavy atom. The predicted octanol–water partition coefficient (Wildman–Crippen LogP) is 1.31. The number of piperidine rings is 1. The van der Waals surface area contributed by atoms with E-state index in [9.17, 15) is 4.79 Å². The molecule has 4 nitrogen and oxygen atoms in total. The minimum absolute atomic E-state index is 0.0256. The minimum atomic E-state index is -0.311. The standard InChI is InChI=1S/C11H23N3O/c1-9-6-4-5-7-14(9)10(15)13-11(2,3)8-12/h9H,4-8,12H2,1-3H3,(H,13,15). The maximum Gasteiger partial charge on any atom is 0.318 e. The van der Waals surface area contributed by atoms with Crippen LogP contribution in [0.15, 0.2) is 0 Å². The number of carbonyl (C=O) groups is 1. The summed E-state index contributed by atoms with van der Waals surface area (Å²) in [5.74, 6) is 0. The van der Waals surface area contributed by atoms with Gasteiger partial charge in [0.2, 0.25) is 0 Å². The Bertz CT molecular complexity index is 228. The van der Waals surface area contributed by atoms with E-state index in [1.807, 2.05) is 18.7 Å². The zero-order valence-electron chi connectivity index (χ0n) is 10.0. The van der Waals surface area contributed by atoms with E-state index in [0.717, 1.165) is 19.4 Å². The molecule has 1 heterocycles. The molecule has 1 unspecified atom stereocenters. The van der Waals surface area contributed by atoms with Crippen LogP contribution in [0.2, 0.25) is 0 Å². The van der Waals surface area contributed by atoms with Gasteiger partial charge in [0.1, 0.15) is 0 Å². The molecule has 1 aliphatic rings. The second-order valence-corrected chi connectivity index (χ2v) is 5.06. The van der Waals surface area contributed by atoms with Crippen LogP contribution < -0.4 is 11.1 Å². The molecule has 1 aliphatic heterocycles. The largest absolute Gasteiger partial charge is 0.332 e. The number of amides is 2. The predicted molar refractivity (Wildman–Crippen MR) is 61.7 cm³/mol. The highest BCUT2D eigenvalue weighted by Crippen LogP contribution is 2.16. The van der Waals surface area contributed by atoms with E-state index in [1.165, 1.54) is 6.42 Å². The van der Waals surface area contributed by atoms with Crippen molar-refractivity contribution >= 4 is 6.03 Å². The van der Waals surface area contributed by atoms with Crippen LogP contribution in [0, 0.1) is 0 Å². The molecule has 1 fully saturated rings. The van der Waals surface area contributed by atoms with Crippen LogP contribution >= 0.6 is 0 Å². The highest BCUT2D eigenvalue weighted by Gasteiger charge is 2.27. The Hall–Kier alpha value is -0.770. The average molecular weight is 213 g/mol. The van der Waals surface area contributed by atoms with Gasteiger partial charge in [-0.1, -0.05) is 0 Å². The Labute approximate surface area is 92.2 Å². The first-order valence-corrected chi connectivity index (χ1v) is 5.75. The third kappa shape index (κ3) is 3.38. The fourth-order valence-corrected chi connectivity index (χ4v) is 1.81. The zero-order valence-corrected chi connectivity index (χ0v) is 10.0. The number of rotatable bonds is 2. The number of urea groups is 1. The van der Waals surface area contributed by atoms with Crippen LogP contribution in [0.25, 0.3) is 0 Å². The normalized spacial score (nSPS) is 22.7. The Balaban J connectivity index is 2.52. The molecule has 0 aromatic heterocycles. The van der Waals surface area contributed by atoms with Crippen LogP contribution in [0.4, 0.5) is 4.79 Å². The van der Waals surface area contributed by atoms with Gasteiger partial charge in [0, 0.05) is 24.7 Å². The maximum atomic E-state index is 11.9. The van der Waals surface area contributed by atoms with Crippen LogP contribution in [0.1, 0.15) is 40.0 Å². The van der Waals surface area contributed by atoms with Crippen molar-refractivity contribution in [1.82, 2.24) is 10.2 Å². The highest BCUT2D eigenvalue weighted by atomic mass is 16.2. The van der Waals surface area contributed by atoms with Crippen molar-refractivity contribution in [2.45, 2.75) is 51.6 Å². The first-order valence-electron chi connectivity index (χ1n) is 5.75. The lowest BCUT2D eigenvalue weighted by molar-refractivity contribution is 0.150. The molecule has 1 atom stereocenters. The van der Waals surface area contributed by atoms with Gasteiger partial charge < -0.3 is 16.0 Å². The Morgan fingerprint density at radius 2 is 2.20 bits per heavy atom. The lowest BCUT2D eigenvalue weighted by atomic mass is 10.0. The summed E-state index contributed by atoms with van der Waals surface area (Å²) >= 11 is 0. The van der Waals surface area contributed by atoms with Crippen molar-refractivity contribution in [1.29, 1.82) is 0 Å². The second kappa shape index (κ2) is 4.84. The zero-order chi connectivity index (χ0) is 11.5. The fraction of sp³-hybridized carbons (Fsp3) is 0.909. The monoisotopic (exact) mass is 213 g/mol. The molecule has 88 valence electrons. The number of likely N-dealkylation sites (tertiary alicyclic amines) is 1. The Morgan fingerprint density at radius 1 is 1.53 bits per heavy atom. The number of carbonyl (C=O) groups excluding carboxylic acids is 1. The summed E-state index contributed by atoms with van der Waals surface area (Å²) in [4.78, 5) is 13.9. The third-order valence-electron chi connectivity index (χ3n) is 3.02. The van der Waals surface area contributed by atoms with E-state index in [1.54, 1.807) is 0 Å². The van der Waals surface area contributed by atoms with Gasteiger partial charge in [-0.15, -0.1) is 0 Å². The van der Waals surface area contributed by atoms with Crippen LogP contribution in [-0.4, -0.2) is 35.6 Å². The summed E-state index contributed by atoms with van der Waals surface area (Å²) in [6.45, 7) is 7.32. The van der Waals surface area contributed by atoms with Gasteiger partial charge in [0.05, 0.1) is 0 Å². The van der Waals surface area contributed by atoms with Crippen molar-refractivity contribution in [2.75, 3.05) is 13.1 Å². The molecule has 3 N–H and O–H groups in total. The second-order valence-electron chi connectivity index (χ2n) is 5.06. The van der Waals surface area contributed by atoms with Gasteiger partial charge in [0.25, 0.3) is 0 Å². The number of nitrogens with one attached hydrogen (secondary N) is 1. The maximum absolute atomic E-state index is 11.9. The molecule has 2 amide bonds. The quantitative estimate of drug-likeness (QED) is 0.726. The first-order chi connectivity index (χ1) is 6.96. The fourth-order valence-electron chi connectivity index (χ4n) is 1.81. The lowest BCUT2D eigenvalue weighted by Crippen LogP contribution is -2.56. The van der Waals surface area contributed by atoms with Crippen molar-refractivity contribution in [3.8, 4) is 0 Å². The van der Waals surface area contributed by atoms with E-state index < -0.39 is 0 Å². The summed E-state index contributed by atoms with van der Waals surface area (Å²) in [5, 5.41) is 2.97. The van der Waals surface area contributed by atoms with E-state index in [2.05, 4.69) is 12.2 Å². The molecule has 15 heavy (non-hydrogen) atoms. The van der Waals surface area contributed by atoms with Gasteiger partial charge >= 0.3 is 6.03 Å². The molecule has 0 radical (unpaired) electrons. The van der Waals surface area contributed by atoms with Crippen LogP contribution in [0.5, 0.6) is 0 Å². The van der Waals surface area contributed by atoms with Crippen molar-refractivity contribution in [3.05, 3.63) is 0 Å². The summed E-state index contributed by atoms with van der Waals surface area (Å²) < 4.78 is 0. The number of nitrogens with zero attached hydrogens (tertiary/aromatic N) is 1. The molecular weight excluding hydrogens is 190 g/mol. The molecule has 1 rings (SSSR count). The third-order valence-corrected chi connectivity index (χ3v) is 3.02. The summed E-state index contributed by atoms with van der Waals surface area (Å²) in [5.41, 5.74) is 5.27.